The second kappa shape index (κ2) is 3.49. The van der Waals surface area contributed by atoms with Gasteiger partial charge in [0.2, 0.25) is 0 Å². The number of rotatable bonds is 1. The zero-order chi connectivity index (χ0) is 12.3. The summed E-state index contributed by atoms with van der Waals surface area (Å²) < 4.78 is 13.6. The lowest BCUT2D eigenvalue weighted by molar-refractivity contribution is -0.00635. The van der Waals surface area contributed by atoms with Crippen LogP contribution in [-0.2, 0) is 5.41 Å². The van der Waals surface area contributed by atoms with Crippen LogP contribution in [0.25, 0.3) is 0 Å². The van der Waals surface area contributed by atoms with Crippen molar-refractivity contribution in [2.24, 2.45) is 17.8 Å². The smallest absolute Gasteiger partial charge is 0.165 e. The Kier molecular flexibility index (Phi) is 2.10. The van der Waals surface area contributed by atoms with Crippen LogP contribution in [0.1, 0.15) is 44.1 Å². The van der Waals surface area contributed by atoms with Crippen LogP contribution in [0.15, 0.2) is 12.1 Å². The molecule has 1 aromatic carbocycles. The van der Waals surface area contributed by atoms with E-state index in [0.717, 1.165) is 42.6 Å². The Labute approximate surface area is 107 Å². The van der Waals surface area contributed by atoms with Gasteiger partial charge in [-0.1, -0.05) is 0 Å². The standard InChI is InChI=1S/C16H18FO/c17-14-3-1-2-13(15(14)18)16-7-10-4-11(8-16)6-12(5-10)9-16/h2-3,10-12,18H,4-9H2. The molecule has 0 unspecified atom stereocenters. The Bertz CT molecular complexity index is 459. The first-order valence-corrected chi connectivity index (χ1v) is 7.05. The van der Waals surface area contributed by atoms with Crippen molar-refractivity contribution in [3.8, 4) is 5.75 Å². The van der Waals surface area contributed by atoms with Crippen molar-refractivity contribution in [2.75, 3.05) is 0 Å². The molecule has 4 saturated carbocycles. The number of hydrogen-bond acceptors (Lipinski definition) is 1. The lowest BCUT2D eigenvalue weighted by Gasteiger charge is -2.57. The molecule has 1 aromatic rings. The van der Waals surface area contributed by atoms with Gasteiger partial charge in [0.05, 0.1) is 0 Å². The first-order chi connectivity index (χ1) is 8.66. The van der Waals surface area contributed by atoms with Gasteiger partial charge in [-0.15, -0.1) is 0 Å². The summed E-state index contributed by atoms with van der Waals surface area (Å²) >= 11 is 0. The van der Waals surface area contributed by atoms with Crippen LogP contribution < -0.4 is 0 Å². The Balaban J connectivity index is 1.81. The number of halogens is 1. The summed E-state index contributed by atoms with van der Waals surface area (Å²) in [5, 5.41) is 10.1. The monoisotopic (exact) mass is 245 g/mol. The van der Waals surface area contributed by atoms with Gasteiger partial charge in [0.15, 0.2) is 11.6 Å². The Morgan fingerprint density at radius 2 is 1.61 bits per heavy atom. The van der Waals surface area contributed by atoms with E-state index in [1.807, 2.05) is 6.07 Å². The van der Waals surface area contributed by atoms with Gasteiger partial charge in [0.25, 0.3) is 0 Å². The first-order valence-electron chi connectivity index (χ1n) is 7.05. The largest absolute Gasteiger partial charge is 0.505 e. The van der Waals surface area contributed by atoms with Gasteiger partial charge in [-0.05, 0) is 79.9 Å². The highest BCUT2D eigenvalue weighted by Gasteiger charge is 2.52. The summed E-state index contributed by atoms with van der Waals surface area (Å²) in [4.78, 5) is 0. The third-order valence-electron chi connectivity index (χ3n) is 5.53. The molecule has 4 bridgehead atoms. The van der Waals surface area contributed by atoms with Crippen LogP contribution >= 0.6 is 0 Å². The maximum absolute atomic E-state index is 13.6. The van der Waals surface area contributed by atoms with Crippen molar-refractivity contribution in [2.45, 2.75) is 43.9 Å². The van der Waals surface area contributed by atoms with Crippen molar-refractivity contribution in [1.82, 2.24) is 0 Å². The van der Waals surface area contributed by atoms with Gasteiger partial charge in [0, 0.05) is 5.56 Å². The van der Waals surface area contributed by atoms with E-state index in [-0.39, 0.29) is 11.2 Å². The third kappa shape index (κ3) is 1.38. The zero-order valence-electron chi connectivity index (χ0n) is 10.5. The molecule has 18 heavy (non-hydrogen) atoms. The minimum Gasteiger partial charge on any atom is -0.505 e. The SMILES string of the molecule is Oc1c(F)c[c]cc1C12CC3CC(CC(C3)C1)C2. The van der Waals surface area contributed by atoms with E-state index in [2.05, 4.69) is 6.07 Å². The second-order valence-electron chi connectivity index (χ2n) is 6.76. The van der Waals surface area contributed by atoms with Gasteiger partial charge >= 0.3 is 0 Å². The zero-order valence-corrected chi connectivity index (χ0v) is 10.5. The molecule has 0 amide bonds. The number of benzene rings is 1. The fraction of sp³-hybridized carbons (Fsp3) is 0.625. The molecule has 0 atom stereocenters. The van der Waals surface area contributed by atoms with Gasteiger partial charge in [0.1, 0.15) is 0 Å². The van der Waals surface area contributed by atoms with E-state index in [0.29, 0.717) is 0 Å². The molecule has 0 heterocycles. The number of phenolic OH excluding ortho intramolecular Hbond substituents is 1. The summed E-state index contributed by atoms with van der Waals surface area (Å²) in [5.74, 6) is 1.79. The molecule has 5 rings (SSSR count). The quantitative estimate of drug-likeness (QED) is 0.798. The van der Waals surface area contributed by atoms with Gasteiger partial charge in [-0.2, -0.15) is 0 Å². The van der Waals surface area contributed by atoms with E-state index in [1.54, 1.807) is 0 Å². The predicted molar refractivity (Wildman–Crippen MR) is 66.8 cm³/mol. The molecule has 0 saturated heterocycles. The molecule has 95 valence electrons. The fourth-order valence-electron chi connectivity index (χ4n) is 5.31. The fourth-order valence-corrected chi connectivity index (χ4v) is 5.31. The summed E-state index contributed by atoms with van der Waals surface area (Å²) in [6.07, 6.45) is 7.51. The van der Waals surface area contributed by atoms with Crippen LogP contribution in [-0.4, -0.2) is 5.11 Å². The van der Waals surface area contributed by atoms with Gasteiger partial charge in [-0.25, -0.2) is 4.39 Å². The van der Waals surface area contributed by atoms with E-state index >= 15 is 0 Å². The Morgan fingerprint density at radius 3 is 2.17 bits per heavy atom. The predicted octanol–water partition coefficient (Wildman–Crippen LogP) is 3.80. The molecule has 4 aliphatic carbocycles. The maximum Gasteiger partial charge on any atom is 0.165 e. The van der Waals surface area contributed by atoms with Crippen molar-refractivity contribution >= 4 is 0 Å². The van der Waals surface area contributed by atoms with Crippen LogP contribution in [0.5, 0.6) is 5.75 Å². The molecular formula is C16H18FO. The minimum absolute atomic E-state index is 0.0530. The summed E-state index contributed by atoms with van der Waals surface area (Å²) in [6, 6.07) is 5.92. The van der Waals surface area contributed by atoms with E-state index in [1.165, 1.54) is 25.3 Å². The number of phenols is 1. The molecule has 1 nitrogen and oxygen atoms in total. The molecular weight excluding hydrogens is 227 g/mol. The van der Waals surface area contributed by atoms with Crippen molar-refractivity contribution in [3.63, 3.8) is 0 Å². The molecule has 0 spiro atoms. The normalized spacial score (nSPS) is 41.3. The third-order valence-corrected chi connectivity index (χ3v) is 5.53. The summed E-state index contributed by atoms with van der Waals surface area (Å²) in [6.45, 7) is 0. The topological polar surface area (TPSA) is 20.2 Å². The summed E-state index contributed by atoms with van der Waals surface area (Å²) in [7, 11) is 0. The van der Waals surface area contributed by atoms with E-state index in [4.69, 9.17) is 0 Å². The van der Waals surface area contributed by atoms with Gasteiger partial charge < -0.3 is 5.11 Å². The van der Waals surface area contributed by atoms with Crippen LogP contribution in [0.4, 0.5) is 4.39 Å². The molecule has 0 aliphatic heterocycles. The highest BCUT2D eigenvalue weighted by molar-refractivity contribution is 5.41. The van der Waals surface area contributed by atoms with E-state index in [9.17, 15) is 9.50 Å². The molecule has 1 N–H and O–H groups in total. The number of aromatic hydroxyl groups is 1. The average molecular weight is 245 g/mol. The van der Waals surface area contributed by atoms with Crippen molar-refractivity contribution in [3.05, 3.63) is 29.6 Å². The van der Waals surface area contributed by atoms with Crippen LogP contribution in [0.2, 0.25) is 0 Å². The average Bonchev–Trinajstić information content (AvgIpc) is 2.30. The lowest BCUT2D eigenvalue weighted by atomic mass is 9.48. The molecule has 4 fully saturated rings. The lowest BCUT2D eigenvalue weighted by Crippen LogP contribution is -2.48. The highest BCUT2D eigenvalue weighted by Crippen LogP contribution is 2.61. The second-order valence-corrected chi connectivity index (χ2v) is 6.76. The molecule has 0 aromatic heterocycles. The Hall–Kier alpha value is -1.05. The molecule has 4 aliphatic rings. The highest BCUT2D eigenvalue weighted by atomic mass is 19.1. The summed E-state index contributed by atoms with van der Waals surface area (Å²) in [5.41, 5.74) is 0.888. The maximum atomic E-state index is 13.6. The molecule has 1 radical (unpaired) electrons. The van der Waals surface area contributed by atoms with E-state index < -0.39 is 5.82 Å². The van der Waals surface area contributed by atoms with Crippen molar-refractivity contribution < 1.29 is 9.50 Å². The minimum atomic E-state index is -0.511. The first kappa shape index (κ1) is 10.8. The molecule has 2 heteroatoms. The Morgan fingerprint density at radius 1 is 1.06 bits per heavy atom. The van der Waals surface area contributed by atoms with Crippen LogP contribution in [0.3, 0.4) is 0 Å². The number of hydrogen-bond donors (Lipinski definition) is 1. The van der Waals surface area contributed by atoms with Gasteiger partial charge in [-0.3, -0.25) is 0 Å². The van der Waals surface area contributed by atoms with Crippen molar-refractivity contribution in [1.29, 1.82) is 0 Å². The van der Waals surface area contributed by atoms with Crippen LogP contribution in [0, 0.1) is 29.6 Å².